The molecule has 1 N–H and O–H groups in total. The third-order valence-electron chi connectivity index (χ3n) is 3.59. The Morgan fingerprint density at radius 2 is 1.96 bits per heavy atom. The molecule has 0 aliphatic rings. The summed E-state index contributed by atoms with van der Waals surface area (Å²) < 4.78 is 1.30. The van der Waals surface area contributed by atoms with Gasteiger partial charge in [0.05, 0.1) is 16.3 Å². The second-order valence-corrected chi connectivity index (χ2v) is 6.26. The minimum Gasteiger partial charge on any atom is -0.350 e. The second kappa shape index (κ2) is 7.70. The zero-order valence-electron chi connectivity index (χ0n) is 13.5. The average Bonchev–Trinajstić information content (AvgIpc) is 3.18. The van der Waals surface area contributed by atoms with Crippen molar-refractivity contribution in [1.29, 1.82) is 0 Å². The summed E-state index contributed by atoms with van der Waals surface area (Å²) in [6, 6.07) is 12.2. The molecule has 0 unspecified atom stereocenters. The van der Waals surface area contributed by atoms with Gasteiger partial charge in [-0.15, -0.1) is 11.3 Å². The summed E-state index contributed by atoms with van der Waals surface area (Å²) in [4.78, 5) is 35.0. The highest BCUT2D eigenvalue weighted by molar-refractivity contribution is 7.13. The first-order chi connectivity index (χ1) is 12.5. The molecule has 26 heavy (non-hydrogen) atoms. The molecule has 3 rings (SSSR count). The lowest BCUT2D eigenvalue weighted by Gasteiger charge is -2.08. The van der Waals surface area contributed by atoms with Gasteiger partial charge in [-0.05, 0) is 29.6 Å². The molecule has 0 spiro atoms. The predicted octanol–water partition coefficient (Wildman–Crippen LogP) is 2.31. The van der Waals surface area contributed by atoms with Gasteiger partial charge in [-0.25, -0.2) is 4.68 Å². The molecule has 0 atom stereocenters. The highest BCUT2D eigenvalue weighted by Gasteiger charge is 2.09. The molecular formula is C17H14N4O4S. The molecule has 0 radical (unpaired) electrons. The number of hydrogen-bond acceptors (Lipinski definition) is 6. The SMILES string of the molecule is O=C(NCCn1nc(-c2cccs2)ccc1=O)c1ccc([N+](=O)[O-])cc1. The first-order valence-corrected chi connectivity index (χ1v) is 8.57. The van der Waals surface area contributed by atoms with E-state index in [0.29, 0.717) is 11.3 Å². The van der Waals surface area contributed by atoms with Crippen LogP contribution in [-0.4, -0.2) is 27.2 Å². The smallest absolute Gasteiger partial charge is 0.269 e. The number of hydrogen-bond donors (Lipinski definition) is 1. The van der Waals surface area contributed by atoms with Crippen molar-refractivity contribution in [3.63, 3.8) is 0 Å². The Hall–Kier alpha value is -3.33. The Kier molecular flexibility index (Phi) is 5.18. The fraction of sp³-hybridized carbons (Fsp3) is 0.118. The summed E-state index contributed by atoms with van der Waals surface area (Å²) in [5.74, 6) is -0.373. The number of nitrogens with zero attached hydrogens (tertiary/aromatic N) is 3. The number of nitro groups is 1. The molecule has 0 aliphatic carbocycles. The molecule has 1 amide bonds. The van der Waals surface area contributed by atoms with E-state index in [4.69, 9.17) is 0 Å². The Bertz CT molecular complexity index is 981. The summed E-state index contributed by atoms with van der Waals surface area (Å²) in [6.07, 6.45) is 0. The maximum atomic E-state index is 12.1. The molecule has 0 saturated heterocycles. The van der Waals surface area contributed by atoms with Gasteiger partial charge in [-0.3, -0.25) is 19.7 Å². The van der Waals surface area contributed by atoms with E-state index in [9.17, 15) is 19.7 Å². The summed E-state index contributed by atoms with van der Waals surface area (Å²) in [6.45, 7) is 0.424. The fourth-order valence-corrected chi connectivity index (χ4v) is 2.97. The predicted molar refractivity (Wildman–Crippen MR) is 97.2 cm³/mol. The summed E-state index contributed by atoms with van der Waals surface area (Å²) >= 11 is 1.52. The third kappa shape index (κ3) is 4.01. The average molecular weight is 370 g/mol. The second-order valence-electron chi connectivity index (χ2n) is 5.32. The van der Waals surface area contributed by atoms with Gasteiger partial charge in [-0.2, -0.15) is 5.10 Å². The highest BCUT2D eigenvalue weighted by Crippen LogP contribution is 2.21. The van der Waals surface area contributed by atoms with Crippen LogP contribution in [0.3, 0.4) is 0 Å². The van der Waals surface area contributed by atoms with Gasteiger partial charge in [-0.1, -0.05) is 6.07 Å². The molecule has 0 fully saturated rings. The topological polar surface area (TPSA) is 107 Å². The lowest BCUT2D eigenvalue weighted by atomic mass is 10.2. The van der Waals surface area contributed by atoms with Gasteiger partial charge in [0.15, 0.2) is 0 Å². The van der Waals surface area contributed by atoms with Gasteiger partial charge >= 0.3 is 0 Å². The van der Waals surface area contributed by atoms with Crippen LogP contribution in [-0.2, 0) is 6.54 Å². The monoisotopic (exact) mass is 370 g/mol. The van der Waals surface area contributed by atoms with Crippen molar-refractivity contribution in [2.24, 2.45) is 0 Å². The van der Waals surface area contributed by atoms with Crippen LogP contribution >= 0.6 is 11.3 Å². The zero-order valence-corrected chi connectivity index (χ0v) is 14.3. The quantitative estimate of drug-likeness (QED) is 0.529. The fourth-order valence-electron chi connectivity index (χ4n) is 2.28. The number of nitrogens with one attached hydrogen (secondary N) is 1. The number of nitro benzene ring substituents is 1. The van der Waals surface area contributed by atoms with Gasteiger partial charge in [0.2, 0.25) is 0 Å². The van der Waals surface area contributed by atoms with Crippen molar-refractivity contribution in [3.8, 4) is 10.6 Å². The largest absolute Gasteiger partial charge is 0.350 e. The van der Waals surface area contributed by atoms with Crippen molar-refractivity contribution in [2.45, 2.75) is 6.54 Å². The van der Waals surface area contributed by atoms with Crippen LogP contribution in [0.2, 0.25) is 0 Å². The first-order valence-electron chi connectivity index (χ1n) is 7.69. The molecule has 2 heterocycles. The summed E-state index contributed by atoms with van der Waals surface area (Å²) in [5, 5.41) is 19.5. The van der Waals surface area contributed by atoms with Crippen LogP contribution < -0.4 is 10.9 Å². The number of aromatic nitrogens is 2. The van der Waals surface area contributed by atoms with Gasteiger partial charge < -0.3 is 5.32 Å². The van der Waals surface area contributed by atoms with E-state index < -0.39 is 4.92 Å². The number of thiophene rings is 1. The number of benzene rings is 1. The highest BCUT2D eigenvalue weighted by atomic mass is 32.1. The van der Waals surface area contributed by atoms with Crippen LogP contribution in [0, 0.1) is 10.1 Å². The van der Waals surface area contributed by atoms with Crippen molar-refractivity contribution in [1.82, 2.24) is 15.1 Å². The molecule has 0 bridgehead atoms. The van der Waals surface area contributed by atoms with Crippen molar-refractivity contribution in [3.05, 3.63) is 79.9 Å². The zero-order chi connectivity index (χ0) is 18.5. The van der Waals surface area contributed by atoms with E-state index in [1.807, 2.05) is 17.5 Å². The normalized spacial score (nSPS) is 10.5. The number of rotatable bonds is 6. The molecule has 1 aromatic carbocycles. The minimum atomic E-state index is -0.527. The number of carbonyl (C=O) groups excluding carboxylic acids is 1. The lowest BCUT2D eigenvalue weighted by molar-refractivity contribution is -0.384. The maximum Gasteiger partial charge on any atom is 0.269 e. The van der Waals surface area contributed by atoms with E-state index in [1.54, 1.807) is 6.07 Å². The Morgan fingerprint density at radius 1 is 1.19 bits per heavy atom. The molecule has 2 aromatic heterocycles. The maximum absolute atomic E-state index is 12.1. The lowest BCUT2D eigenvalue weighted by Crippen LogP contribution is -2.31. The van der Waals surface area contributed by atoms with Gasteiger partial charge in [0, 0.05) is 30.3 Å². The minimum absolute atomic E-state index is 0.0808. The molecule has 9 heteroatoms. The number of amides is 1. The molecule has 132 valence electrons. The van der Waals surface area contributed by atoms with Crippen LogP contribution in [0.15, 0.2) is 58.7 Å². The number of non-ortho nitro benzene ring substituents is 1. The van der Waals surface area contributed by atoms with Gasteiger partial charge in [0.1, 0.15) is 5.69 Å². The number of carbonyl (C=O) groups is 1. The Balaban J connectivity index is 1.62. The Labute approximate surface area is 151 Å². The molecule has 8 nitrogen and oxygen atoms in total. The Morgan fingerprint density at radius 3 is 2.62 bits per heavy atom. The summed E-state index contributed by atoms with van der Waals surface area (Å²) in [7, 11) is 0. The first kappa shape index (κ1) is 17.5. The van der Waals surface area contributed by atoms with Crippen LogP contribution in [0.1, 0.15) is 10.4 Å². The van der Waals surface area contributed by atoms with Gasteiger partial charge in [0.25, 0.3) is 17.2 Å². The van der Waals surface area contributed by atoms with Crippen molar-refractivity contribution in [2.75, 3.05) is 6.54 Å². The van der Waals surface area contributed by atoms with Crippen LogP contribution in [0.5, 0.6) is 0 Å². The third-order valence-corrected chi connectivity index (χ3v) is 4.48. The molecule has 0 aliphatic heterocycles. The van der Waals surface area contributed by atoms with Crippen molar-refractivity contribution < 1.29 is 9.72 Å². The van der Waals surface area contributed by atoms with Crippen molar-refractivity contribution >= 4 is 22.9 Å². The summed E-state index contributed by atoms with van der Waals surface area (Å²) in [5.41, 5.74) is 0.669. The van der Waals surface area contributed by atoms with E-state index in [-0.39, 0.29) is 30.2 Å². The molecule has 0 saturated carbocycles. The van der Waals surface area contributed by atoms with Crippen LogP contribution in [0.4, 0.5) is 5.69 Å². The van der Waals surface area contributed by atoms with E-state index in [0.717, 1.165) is 4.88 Å². The molecule has 3 aromatic rings. The molecular weight excluding hydrogens is 356 g/mol. The van der Waals surface area contributed by atoms with E-state index in [1.165, 1.54) is 46.4 Å². The van der Waals surface area contributed by atoms with E-state index in [2.05, 4.69) is 10.4 Å². The van der Waals surface area contributed by atoms with Crippen LogP contribution in [0.25, 0.3) is 10.6 Å². The van der Waals surface area contributed by atoms with E-state index >= 15 is 0 Å². The standard InChI is InChI=1S/C17H14N4O4S/c22-16-8-7-14(15-2-1-11-26-15)19-20(16)10-9-18-17(23)12-3-5-13(6-4-12)21(24)25/h1-8,11H,9-10H2,(H,18,23).